The van der Waals surface area contributed by atoms with Gasteiger partial charge in [-0.2, -0.15) is 13.2 Å². The molecule has 18 heavy (non-hydrogen) atoms. The lowest BCUT2D eigenvalue weighted by atomic mass is 10.2. The van der Waals surface area contributed by atoms with Crippen molar-refractivity contribution in [2.45, 2.75) is 18.6 Å². The standard InChI is InChI=1S/C11H13F3N2OS/c1-18-16-9(11(12,13)14)7-10(17)15-8-5-3-2-4-6-8/h2-6,9,16H,7H2,1H3,(H,15,17). The first-order chi connectivity index (χ1) is 8.43. The van der Waals surface area contributed by atoms with Crippen molar-refractivity contribution in [3.05, 3.63) is 30.3 Å². The van der Waals surface area contributed by atoms with E-state index in [9.17, 15) is 18.0 Å². The van der Waals surface area contributed by atoms with Crippen LogP contribution in [-0.4, -0.2) is 24.4 Å². The van der Waals surface area contributed by atoms with Gasteiger partial charge < -0.3 is 5.32 Å². The van der Waals surface area contributed by atoms with E-state index in [1.807, 2.05) is 0 Å². The minimum atomic E-state index is -4.45. The number of carbonyl (C=O) groups excluding carboxylic acids is 1. The highest BCUT2D eigenvalue weighted by molar-refractivity contribution is 7.96. The lowest BCUT2D eigenvalue weighted by Crippen LogP contribution is -2.41. The van der Waals surface area contributed by atoms with Crippen LogP contribution in [-0.2, 0) is 4.79 Å². The zero-order chi connectivity index (χ0) is 13.6. The Morgan fingerprint density at radius 2 is 1.94 bits per heavy atom. The highest BCUT2D eigenvalue weighted by Crippen LogP contribution is 2.24. The highest BCUT2D eigenvalue weighted by Gasteiger charge is 2.40. The summed E-state index contributed by atoms with van der Waals surface area (Å²) in [4.78, 5) is 11.5. The number of benzene rings is 1. The van der Waals surface area contributed by atoms with Crippen molar-refractivity contribution in [3.63, 3.8) is 0 Å². The number of rotatable bonds is 5. The van der Waals surface area contributed by atoms with Crippen molar-refractivity contribution in [3.8, 4) is 0 Å². The van der Waals surface area contributed by atoms with Crippen LogP contribution >= 0.6 is 11.9 Å². The maximum atomic E-state index is 12.6. The van der Waals surface area contributed by atoms with Gasteiger partial charge in [0, 0.05) is 5.69 Å². The second kappa shape index (κ2) is 6.65. The number of amides is 1. The third kappa shape index (κ3) is 4.97. The van der Waals surface area contributed by atoms with Gasteiger partial charge in [-0.1, -0.05) is 30.1 Å². The maximum Gasteiger partial charge on any atom is 0.405 e. The quantitative estimate of drug-likeness (QED) is 0.814. The summed E-state index contributed by atoms with van der Waals surface area (Å²) in [6.45, 7) is 0. The van der Waals surface area contributed by atoms with E-state index in [4.69, 9.17) is 0 Å². The van der Waals surface area contributed by atoms with Gasteiger partial charge in [-0.15, -0.1) is 0 Å². The Kier molecular flexibility index (Phi) is 5.49. The number of nitrogens with one attached hydrogen (secondary N) is 2. The van der Waals surface area contributed by atoms with Gasteiger partial charge in [-0.3, -0.25) is 9.52 Å². The van der Waals surface area contributed by atoms with E-state index in [-0.39, 0.29) is 0 Å². The molecule has 0 aliphatic rings. The fourth-order valence-electron chi connectivity index (χ4n) is 1.29. The van der Waals surface area contributed by atoms with Gasteiger partial charge in [0.05, 0.1) is 6.42 Å². The van der Waals surface area contributed by atoms with Crippen molar-refractivity contribution >= 4 is 23.5 Å². The first-order valence-corrected chi connectivity index (χ1v) is 6.36. The van der Waals surface area contributed by atoms with Crippen LogP contribution < -0.4 is 10.0 Å². The number of para-hydroxylation sites is 1. The van der Waals surface area contributed by atoms with Gasteiger partial charge >= 0.3 is 6.18 Å². The van der Waals surface area contributed by atoms with Crippen LogP contribution in [0, 0.1) is 0 Å². The Morgan fingerprint density at radius 3 is 2.44 bits per heavy atom. The Labute approximate surface area is 107 Å². The molecular formula is C11H13F3N2OS. The molecule has 0 aliphatic heterocycles. The van der Waals surface area contributed by atoms with Crippen molar-refractivity contribution in [1.29, 1.82) is 0 Å². The van der Waals surface area contributed by atoms with E-state index in [0.29, 0.717) is 5.69 Å². The fourth-order valence-corrected chi connectivity index (χ4v) is 1.79. The Balaban J connectivity index is 2.57. The number of hydrogen-bond acceptors (Lipinski definition) is 3. The van der Waals surface area contributed by atoms with Crippen LogP contribution in [0.2, 0.25) is 0 Å². The third-order valence-electron chi connectivity index (χ3n) is 2.10. The van der Waals surface area contributed by atoms with Crippen LogP contribution in [0.4, 0.5) is 18.9 Å². The van der Waals surface area contributed by atoms with Gasteiger partial charge in [0.25, 0.3) is 0 Å². The number of hydrogen-bond donors (Lipinski definition) is 2. The second-order valence-corrected chi connectivity index (χ2v) is 4.18. The molecule has 1 amide bonds. The van der Waals surface area contributed by atoms with Gasteiger partial charge in [0.1, 0.15) is 6.04 Å². The van der Waals surface area contributed by atoms with E-state index < -0.39 is 24.5 Å². The average molecular weight is 278 g/mol. The predicted octanol–water partition coefficient (Wildman–Crippen LogP) is 2.81. The van der Waals surface area contributed by atoms with Crippen LogP contribution in [0.3, 0.4) is 0 Å². The number of halogens is 3. The zero-order valence-electron chi connectivity index (χ0n) is 9.62. The van der Waals surface area contributed by atoms with Gasteiger partial charge in [-0.05, 0) is 18.4 Å². The zero-order valence-corrected chi connectivity index (χ0v) is 10.4. The Hall–Kier alpha value is -1.21. The summed E-state index contributed by atoms with van der Waals surface area (Å²) in [5, 5.41) is 2.41. The summed E-state index contributed by atoms with van der Waals surface area (Å²) in [5.41, 5.74) is 0.479. The Morgan fingerprint density at radius 1 is 1.33 bits per heavy atom. The summed E-state index contributed by atoms with van der Waals surface area (Å²) in [7, 11) is 0. The van der Waals surface area contributed by atoms with Crippen molar-refractivity contribution in [2.24, 2.45) is 0 Å². The molecule has 0 fully saturated rings. The smallest absolute Gasteiger partial charge is 0.326 e. The molecule has 3 nitrogen and oxygen atoms in total. The monoisotopic (exact) mass is 278 g/mol. The molecule has 100 valence electrons. The molecule has 0 heterocycles. The molecule has 2 N–H and O–H groups in total. The lowest BCUT2D eigenvalue weighted by molar-refractivity contribution is -0.156. The molecule has 1 aromatic rings. The molecule has 0 aromatic heterocycles. The minimum Gasteiger partial charge on any atom is -0.326 e. The summed E-state index contributed by atoms with van der Waals surface area (Å²) in [6, 6.07) is 6.51. The molecule has 1 aromatic carbocycles. The molecule has 1 unspecified atom stereocenters. The fraction of sp³-hybridized carbons (Fsp3) is 0.364. The van der Waals surface area contributed by atoms with Gasteiger partial charge in [0.15, 0.2) is 0 Å². The SMILES string of the molecule is CSNC(CC(=O)Nc1ccccc1)C(F)(F)F. The van der Waals surface area contributed by atoms with Crippen molar-refractivity contribution in [2.75, 3.05) is 11.6 Å². The van der Waals surface area contributed by atoms with Crippen molar-refractivity contribution < 1.29 is 18.0 Å². The Bertz CT molecular complexity index is 384. The van der Waals surface area contributed by atoms with E-state index in [1.165, 1.54) is 6.26 Å². The molecule has 0 saturated carbocycles. The van der Waals surface area contributed by atoms with Crippen LogP contribution in [0.15, 0.2) is 30.3 Å². The van der Waals surface area contributed by atoms with Gasteiger partial charge in [0.2, 0.25) is 5.91 Å². The summed E-state index contributed by atoms with van der Waals surface area (Å²) < 4.78 is 39.8. The highest BCUT2D eigenvalue weighted by atomic mass is 32.2. The summed E-state index contributed by atoms with van der Waals surface area (Å²) >= 11 is 0.835. The van der Waals surface area contributed by atoms with E-state index >= 15 is 0 Å². The molecule has 0 saturated heterocycles. The number of carbonyl (C=O) groups is 1. The summed E-state index contributed by atoms with van der Waals surface area (Å²) in [6.07, 6.45) is -3.62. The van der Waals surface area contributed by atoms with E-state index in [1.54, 1.807) is 30.3 Å². The van der Waals surface area contributed by atoms with Crippen LogP contribution in [0.25, 0.3) is 0 Å². The molecule has 1 rings (SSSR count). The molecule has 7 heteroatoms. The second-order valence-electron chi connectivity index (χ2n) is 3.53. The lowest BCUT2D eigenvalue weighted by Gasteiger charge is -2.19. The first-order valence-electron chi connectivity index (χ1n) is 5.13. The molecule has 0 spiro atoms. The predicted molar refractivity (Wildman–Crippen MR) is 66.2 cm³/mol. The van der Waals surface area contributed by atoms with E-state index in [2.05, 4.69) is 10.0 Å². The van der Waals surface area contributed by atoms with Crippen molar-refractivity contribution in [1.82, 2.24) is 4.72 Å². The van der Waals surface area contributed by atoms with Crippen LogP contribution in [0.1, 0.15) is 6.42 Å². The van der Waals surface area contributed by atoms with E-state index in [0.717, 1.165) is 11.9 Å². The maximum absolute atomic E-state index is 12.6. The molecule has 0 radical (unpaired) electrons. The number of alkyl halides is 3. The van der Waals surface area contributed by atoms with Crippen LogP contribution in [0.5, 0.6) is 0 Å². The largest absolute Gasteiger partial charge is 0.405 e. The first kappa shape index (κ1) is 14.8. The molecule has 0 bridgehead atoms. The third-order valence-corrected chi connectivity index (χ3v) is 2.62. The molecule has 0 aliphatic carbocycles. The normalized spacial score (nSPS) is 13.1. The van der Waals surface area contributed by atoms with Gasteiger partial charge in [-0.25, -0.2) is 0 Å². The average Bonchev–Trinajstić information content (AvgIpc) is 2.28. The molecular weight excluding hydrogens is 265 g/mol. The number of anilines is 1. The summed E-state index contributed by atoms with van der Waals surface area (Å²) in [5.74, 6) is -0.676. The minimum absolute atomic E-state index is 0.479. The molecule has 1 atom stereocenters. The topological polar surface area (TPSA) is 41.1 Å².